The maximum absolute atomic E-state index is 11.2. The summed E-state index contributed by atoms with van der Waals surface area (Å²) in [5.74, 6) is 0.317. The first-order valence-electron chi connectivity index (χ1n) is 6.13. The molecule has 0 fully saturated rings. The molecular weight excluding hydrogens is 282 g/mol. The minimum absolute atomic E-state index is 0.205. The van der Waals surface area contributed by atoms with Crippen molar-refractivity contribution in [3.63, 3.8) is 0 Å². The van der Waals surface area contributed by atoms with E-state index in [0.29, 0.717) is 30.5 Å². The Hall–Kier alpha value is -1.79. The first-order chi connectivity index (χ1) is 9.47. The summed E-state index contributed by atoms with van der Waals surface area (Å²) in [6, 6.07) is 6.32. The number of halogens is 1. The average Bonchev–Trinajstić information content (AvgIpc) is 2.36. The van der Waals surface area contributed by atoms with Crippen molar-refractivity contribution in [3.8, 4) is 5.75 Å². The maximum Gasteiger partial charge on any atom is 0.318 e. The number of nitrogens with two attached hydrogens (primary N) is 1. The number of nitrogens with zero attached hydrogens (tertiary/aromatic N) is 1. The van der Waals surface area contributed by atoms with Crippen molar-refractivity contribution in [2.45, 2.75) is 6.42 Å². The fourth-order valence-electron chi connectivity index (χ4n) is 1.48. The molecule has 1 aromatic rings. The fraction of sp³-hybridized carbons (Fsp3) is 0.385. The lowest BCUT2D eigenvalue weighted by atomic mass is 10.3. The molecular formula is C13H18ClN3O3. The molecule has 0 atom stereocenters. The van der Waals surface area contributed by atoms with Crippen molar-refractivity contribution in [2.24, 2.45) is 5.73 Å². The number of carbonyl (C=O) groups excluding carboxylic acids is 2. The molecule has 6 nitrogen and oxygen atoms in total. The second-order valence-electron chi connectivity index (χ2n) is 4.27. The van der Waals surface area contributed by atoms with Crippen LogP contribution >= 0.6 is 11.6 Å². The lowest BCUT2D eigenvalue weighted by Crippen LogP contribution is -2.37. The topological polar surface area (TPSA) is 84.7 Å². The van der Waals surface area contributed by atoms with Gasteiger partial charge in [0.2, 0.25) is 5.91 Å². The molecule has 110 valence electrons. The molecule has 1 aromatic carbocycles. The van der Waals surface area contributed by atoms with Gasteiger partial charge in [-0.2, -0.15) is 0 Å². The van der Waals surface area contributed by atoms with Gasteiger partial charge in [0.05, 0.1) is 0 Å². The molecule has 0 aromatic heterocycles. The van der Waals surface area contributed by atoms with Gasteiger partial charge in [-0.3, -0.25) is 10.1 Å². The van der Waals surface area contributed by atoms with Gasteiger partial charge in [-0.05, 0) is 25.2 Å². The van der Waals surface area contributed by atoms with Crippen LogP contribution in [0.3, 0.4) is 0 Å². The molecule has 0 heterocycles. The summed E-state index contributed by atoms with van der Waals surface area (Å²) in [6.45, 7) is 1.64. The number of primary amides is 1. The number of rotatable bonds is 7. The van der Waals surface area contributed by atoms with E-state index in [0.717, 1.165) is 0 Å². The van der Waals surface area contributed by atoms with Crippen LogP contribution in [0.4, 0.5) is 4.79 Å². The van der Waals surface area contributed by atoms with Crippen LogP contribution in [-0.2, 0) is 4.79 Å². The number of likely N-dealkylation sites (N-methyl/N-ethyl adjacent to an activating group) is 1. The van der Waals surface area contributed by atoms with Gasteiger partial charge in [0.25, 0.3) is 0 Å². The Morgan fingerprint density at radius 1 is 1.40 bits per heavy atom. The number of imide groups is 1. The Morgan fingerprint density at radius 2 is 2.15 bits per heavy atom. The van der Waals surface area contributed by atoms with Crippen molar-refractivity contribution in [2.75, 3.05) is 26.7 Å². The molecule has 0 aliphatic heterocycles. The molecule has 3 N–H and O–H groups in total. The smallest absolute Gasteiger partial charge is 0.318 e. The highest BCUT2D eigenvalue weighted by atomic mass is 35.5. The van der Waals surface area contributed by atoms with E-state index in [4.69, 9.17) is 22.1 Å². The summed E-state index contributed by atoms with van der Waals surface area (Å²) in [6.07, 6.45) is 0.205. The zero-order valence-corrected chi connectivity index (χ0v) is 12.0. The minimum atomic E-state index is -0.832. The molecule has 0 bridgehead atoms. The first-order valence-corrected chi connectivity index (χ1v) is 6.51. The first kappa shape index (κ1) is 16.3. The van der Waals surface area contributed by atoms with Crippen LogP contribution in [0.25, 0.3) is 0 Å². The third kappa shape index (κ3) is 6.96. The van der Waals surface area contributed by atoms with Crippen molar-refractivity contribution in [3.05, 3.63) is 29.3 Å². The number of ether oxygens (including phenoxy) is 1. The van der Waals surface area contributed by atoms with Crippen LogP contribution in [0.15, 0.2) is 24.3 Å². The van der Waals surface area contributed by atoms with E-state index in [1.165, 1.54) is 0 Å². The third-order valence-corrected chi connectivity index (χ3v) is 2.76. The van der Waals surface area contributed by atoms with Gasteiger partial charge in [0.1, 0.15) is 12.4 Å². The zero-order chi connectivity index (χ0) is 15.0. The summed E-state index contributed by atoms with van der Waals surface area (Å²) in [7, 11) is 1.86. The molecule has 0 aliphatic carbocycles. The molecule has 0 saturated heterocycles. The van der Waals surface area contributed by atoms with Gasteiger partial charge in [-0.1, -0.05) is 17.7 Å². The van der Waals surface area contributed by atoms with E-state index in [1.807, 2.05) is 29.4 Å². The van der Waals surface area contributed by atoms with Crippen LogP contribution in [0.5, 0.6) is 5.75 Å². The van der Waals surface area contributed by atoms with Crippen molar-refractivity contribution < 1.29 is 14.3 Å². The SMILES string of the molecule is CN(CCOc1cccc(Cl)c1)CCC(=O)NC(N)=O. The zero-order valence-electron chi connectivity index (χ0n) is 11.3. The number of nitrogens with one attached hydrogen (secondary N) is 1. The van der Waals surface area contributed by atoms with Crippen LogP contribution in [0, 0.1) is 0 Å². The predicted octanol–water partition coefficient (Wildman–Crippen LogP) is 1.24. The molecule has 0 unspecified atom stereocenters. The molecule has 3 amide bonds. The Balaban J connectivity index is 2.18. The molecule has 7 heteroatoms. The fourth-order valence-corrected chi connectivity index (χ4v) is 1.66. The number of carbonyl (C=O) groups is 2. The van der Waals surface area contributed by atoms with Crippen LogP contribution in [0.1, 0.15) is 6.42 Å². The molecule has 0 radical (unpaired) electrons. The highest BCUT2D eigenvalue weighted by molar-refractivity contribution is 6.30. The highest BCUT2D eigenvalue weighted by Crippen LogP contribution is 2.16. The summed E-state index contributed by atoms with van der Waals surface area (Å²) in [4.78, 5) is 23.6. The summed E-state index contributed by atoms with van der Waals surface area (Å²) in [5.41, 5.74) is 4.84. The van der Waals surface area contributed by atoms with E-state index in [2.05, 4.69) is 0 Å². The Morgan fingerprint density at radius 3 is 2.80 bits per heavy atom. The van der Waals surface area contributed by atoms with Gasteiger partial charge >= 0.3 is 6.03 Å². The van der Waals surface area contributed by atoms with Gasteiger partial charge < -0.3 is 15.4 Å². The summed E-state index contributed by atoms with van der Waals surface area (Å²) in [5, 5.41) is 2.64. The third-order valence-electron chi connectivity index (χ3n) is 2.52. The monoisotopic (exact) mass is 299 g/mol. The number of amides is 3. The molecule has 20 heavy (non-hydrogen) atoms. The van der Waals surface area contributed by atoms with Gasteiger partial charge in [-0.25, -0.2) is 4.79 Å². The van der Waals surface area contributed by atoms with E-state index in [-0.39, 0.29) is 12.3 Å². The van der Waals surface area contributed by atoms with Crippen molar-refractivity contribution >= 4 is 23.5 Å². The lowest BCUT2D eigenvalue weighted by Gasteiger charge is -2.16. The lowest BCUT2D eigenvalue weighted by molar-refractivity contribution is -0.120. The van der Waals surface area contributed by atoms with E-state index < -0.39 is 6.03 Å². The van der Waals surface area contributed by atoms with Crippen LogP contribution < -0.4 is 15.8 Å². The summed E-state index contributed by atoms with van der Waals surface area (Å²) < 4.78 is 5.53. The summed E-state index contributed by atoms with van der Waals surface area (Å²) >= 11 is 5.84. The average molecular weight is 300 g/mol. The minimum Gasteiger partial charge on any atom is -0.492 e. The number of hydrogen-bond donors (Lipinski definition) is 2. The Kier molecular flexibility index (Phi) is 6.83. The van der Waals surface area contributed by atoms with Gasteiger partial charge in [-0.15, -0.1) is 0 Å². The Labute approximate surface area is 122 Å². The molecule has 0 aliphatic rings. The van der Waals surface area contributed by atoms with Crippen LogP contribution in [-0.4, -0.2) is 43.6 Å². The number of urea groups is 1. The Bertz CT molecular complexity index is 468. The van der Waals surface area contributed by atoms with E-state index in [1.54, 1.807) is 12.1 Å². The quantitative estimate of drug-likeness (QED) is 0.793. The highest BCUT2D eigenvalue weighted by Gasteiger charge is 2.06. The normalized spacial score (nSPS) is 10.3. The predicted molar refractivity (Wildman–Crippen MR) is 76.8 cm³/mol. The van der Waals surface area contributed by atoms with Crippen LogP contribution in [0.2, 0.25) is 5.02 Å². The van der Waals surface area contributed by atoms with E-state index in [9.17, 15) is 9.59 Å². The molecule has 1 rings (SSSR count). The number of benzene rings is 1. The van der Waals surface area contributed by atoms with Crippen molar-refractivity contribution in [1.82, 2.24) is 10.2 Å². The second-order valence-corrected chi connectivity index (χ2v) is 4.71. The molecule has 0 spiro atoms. The number of hydrogen-bond acceptors (Lipinski definition) is 4. The largest absolute Gasteiger partial charge is 0.492 e. The second kappa shape index (κ2) is 8.39. The van der Waals surface area contributed by atoms with Gasteiger partial charge in [0, 0.05) is 24.5 Å². The standard InChI is InChI=1S/C13H18ClN3O3/c1-17(6-5-12(18)16-13(15)19)7-8-20-11-4-2-3-10(14)9-11/h2-4,9H,5-8H2,1H3,(H3,15,16,18,19). The van der Waals surface area contributed by atoms with E-state index >= 15 is 0 Å². The van der Waals surface area contributed by atoms with Crippen molar-refractivity contribution in [1.29, 1.82) is 0 Å². The maximum atomic E-state index is 11.2. The molecule has 0 saturated carbocycles. The van der Waals surface area contributed by atoms with Gasteiger partial charge in [0.15, 0.2) is 0 Å².